The zero-order chi connectivity index (χ0) is 24.5. The van der Waals surface area contributed by atoms with Crippen LogP contribution in [0.2, 0.25) is 0 Å². The molecule has 2 rings (SSSR count). The van der Waals surface area contributed by atoms with Gasteiger partial charge in [-0.25, -0.2) is 9.82 Å². The summed E-state index contributed by atoms with van der Waals surface area (Å²) in [4.78, 5) is 25.1. The van der Waals surface area contributed by atoms with Gasteiger partial charge in [-0.1, -0.05) is 13.8 Å². The summed E-state index contributed by atoms with van der Waals surface area (Å²) in [5.41, 5.74) is 3.46. The number of rotatable bonds is 10. The first kappa shape index (κ1) is 26.6. The lowest BCUT2D eigenvalue weighted by Crippen LogP contribution is -2.48. The molecule has 0 heterocycles. The van der Waals surface area contributed by atoms with Crippen LogP contribution in [0.15, 0.2) is 41.5 Å². The molecule has 0 radical (unpaired) electrons. The Bertz CT molecular complexity index is 994. The van der Waals surface area contributed by atoms with E-state index in [-0.39, 0.29) is 17.6 Å². The minimum atomic E-state index is -0.819. The fraction of sp³-hybridized carbons (Fsp3) is 0.375. The molecule has 0 aliphatic carbocycles. The van der Waals surface area contributed by atoms with E-state index in [1.54, 1.807) is 6.07 Å². The number of halogens is 2. The number of nitrogens with one attached hydrogen (secondary N) is 2. The van der Waals surface area contributed by atoms with E-state index in [1.807, 2.05) is 40.7 Å². The highest BCUT2D eigenvalue weighted by Gasteiger charge is 2.24. The van der Waals surface area contributed by atoms with E-state index < -0.39 is 23.7 Å². The van der Waals surface area contributed by atoms with E-state index in [0.29, 0.717) is 18.1 Å². The Morgan fingerprint density at radius 3 is 2.39 bits per heavy atom. The highest BCUT2D eigenvalue weighted by molar-refractivity contribution is 14.1. The van der Waals surface area contributed by atoms with Crippen LogP contribution in [-0.4, -0.2) is 36.8 Å². The highest BCUT2D eigenvalue weighted by Crippen LogP contribution is 2.34. The quantitative estimate of drug-likeness (QED) is 0.250. The molecular weight excluding hydrogens is 540 g/mol. The van der Waals surface area contributed by atoms with Crippen molar-refractivity contribution >= 4 is 40.6 Å². The van der Waals surface area contributed by atoms with Crippen molar-refractivity contribution in [1.29, 1.82) is 0 Å². The first-order valence-electron chi connectivity index (χ1n) is 10.6. The van der Waals surface area contributed by atoms with E-state index in [2.05, 4.69) is 38.4 Å². The molecule has 1 unspecified atom stereocenters. The number of hydrazone groups is 1. The maximum Gasteiger partial charge on any atom is 0.262 e. The molecule has 2 aromatic carbocycles. The minimum Gasteiger partial charge on any atom is -0.490 e. The maximum absolute atomic E-state index is 13.1. The van der Waals surface area contributed by atoms with Gasteiger partial charge in [-0.3, -0.25) is 9.59 Å². The van der Waals surface area contributed by atoms with Gasteiger partial charge in [-0.15, -0.1) is 0 Å². The lowest BCUT2D eigenvalue weighted by molar-refractivity contribution is -0.123. The van der Waals surface area contributed by atoms with Crippen LogP contribution in [0.3, 0.4) is 0 Å². The third-order valence-electron chi connectivity index (χ3n) is 4.42. The predicted molar refractivity (Wildman–Crippen MR) is 134 cm³/mol. The molecular formula is C24H29FIN3O4. The molecule has 2 N–H and O–H groups in total. The molecule has 7 nitrogen and oxygen atoms in total. The Kier molecular flexibility index (Phi) is 10.1. The van der Waals surface area contributed by atoms with Gasteiger partial charge in [0.05, 0.1) is 22.5 Å². The fourth-order valence-electron chi connectivity index (χ4n) is 2.88. The second-order valence-corrected chi connectivity index (χ2v) is 9.03. The van der Waals surface area contributed by atoms with Crippen LogP contribution in [-0.2, 0) is 4.79 Å². The van der Waals surface area contributed by atoms with Crippen LogP contribution in [0.5, 0.6) is 11.5 Å². The highest BCUT2D eigenvalue weighted by atomic mass is 127. The van der Waals surface area contributed by atoms with E-state index >= 15 is 0 Å². The molecule has 0 saturated heterocycles. The SMILES string of the molecule is CCOc1cc(/C=N/NC(=O)C(NC(=O)c2ccc(F)cc2)C(C)C)cc(I)c1OC(C)C. The molecule has 0 aliphatic heterocycles. The summed E-state index contributed by atoms with van der Waals surface area (Å²) in [5, 5.41) is 6.72. The largest absolute Gasteiger partial charge is 0.490 e. The van der Waals surface area contributed by atoms with Gasteiger partial charge < -0.3 is 14.8 Å². The van der Waals surface area contributed by atoms with Crippen LogP contribution < -0.4 is 20.2 Å². The third-order valence-corrected chi connectivity index (χ3v) is 5.22. The van der Waals surface area contributed by atoms with Crippen molar-refractivity contribution in [3.8, 4) is 11.5 Å². The third kappa shape index (κ3) is 7.99. The van der Waals surface area contributed by atoms with Gasteiger partial charge in [0.25, 0.3) is 11.8 Å². The van der Waals surface area contributed by atoms with Crippen molar-refractivity contribution in [3.63, 3.8) is 0 Å². The van der Waals surface area contributed by atoms with Crippen molar-refractivity contribution < 1.29 is 23.5 Å². The average molecular weight is 569 g/mol. The molecule has 33 heavy (non-hydrogen) atoms. The first-order valence-corrected chi connectivity index (χ1v) is 11.7. The Morgan fingerprint density at radius 2 is 1.82 bits per heavy atom. The van der Waals surface area contributed by atoms with Gasteiger partial charge in [-0.05, 0) is 91.2 Å². The van der Waals surface area contributed by atoms with Crippen molar-refractivity contribution in [2.24, 2.45) is 11.0 Å². The van der Waals surface area contributed by atoms with E-state index in [1.165, 1.54) is 30.5 Å². The molecule has 2 amide bonds. The zero-order valence-electron chi connectivity index (χ0n) is 19.3. The van der Waals surface area contributed by atoms with Gasteiger partial charge in [0.15, 0.2) is 11.5 Å². The zero-order valence-corrected chi connectivity index (χ0v) is 21.5. The maximum atomic E-state index is 13.1. The number of hydrogen-bond acceptors (Lipinski definition) is 5. The molecule has 1 atom stereocenters. The molecule has 0 spiro atoms. The fourth-order valence-corrected chi connectivity index (χ4v) is 3.63. The number of ether oxygens (including phenoxy) is 2. The number of amides is 2. The summed E-state index contributed by atoms with van der Waals surface area (Å²) in [7, 11) is 0. The first-order chi connectivity index (χ1) is 15.6. The smallest absolute Gasteiger partial charge is 0.262 e. The van der Waals surface area contributed by atoms with Gasteiger partial charge in [0.1, 0.15) is 11.9 Å². The predicted octanol–water partition coefficient (Wildman–Crippen LogP) is 4.52. The van der Waals surface area contributed by atoms with Crippen molar-refractivity contribution in [1.82, 2.24) is 10.7 Å². The monoisotopic (exact) mass is 569 g/mol. The molecule has 0 aliphatic rings. The van der Waals surface area contributed by atoms with Gasteiger partial charge in [-0.2, -0.15) is 5.10 Å². The summed E-state index contributed by atoms with van der Waals surface area (Å²) in [5.74, 6) is -0.303. The van der Waals surface area contributed by atoms with Crippen molar-refractivity contribution in [2.45, 2.75) is 46.8 Å². The molecule has 0 aromatic heterocycles. The number of benzene rings is 2. The lowest BCUT2D eigenvalue weighted by atomic mass is 10.0. The van der Waals surface area contributed by atoms with Crippen molar-refractivity contribution in [2.75, 3.05) is 6.61 Å². The van der Waals surface area contributed by atoms with Gasteiger partial charge in [0, 0.05) is 5.56 Å². The van der Waals surface area contributed by atoms with Crippen LogP contribution in [0.25, 0.3) is 0 Å². The summed E-state index contributed by atoms with van der Waals surface area (Å²) in [6.07, 6.45) is 1.50. The molecule has 0 saturated carbocycles. The van der Waals surface area contributed by atoms with E-state index in [4.69, 9.17) is 9.47 Å². The van der Waals surface area contributed by atoms with E-state index in [9.17, 15) is 14.0 Å². The second kappa shape index (κ2) is 12.5. The number of hydrogen-bond donors (Lipinski definition) is 2. The van der Waals surface area contributed by atoms with Crippen molar-refractivity contribution in [3.05, 3.63) is 56.9 Å². The molecule has 0 fully saturated rings. The normalized spacial score (nSPS) is 12.2. The number of nitrogens with zero attached hydrogens (tertiary/aromatic N) is 1. The topological polar surface area (TPSA) is 89.0 Å². The lowest BCUT2D eigenvalue weighted by Gasteiger charge is -2.20. The number of carbonyl (C=O) groups is 2. The summed E-state index contributed by atoms with van der Waals surface area (Å²) >= 11 is 2.16. The Balaban J connectivity index is 2.11. The Morgan fingerprint density at radius 1 is 1.15 bits per heavy atom. The average Bonchev–Trinajstić information content (AvgIpc) is 2.74. The molecule has 2 aromatic rings. The minimum absolute atomic E-state index is 0.00499. The second-order valence-electron chi connectivity index (χ2n) is 7.87. The summed E-state index contributed by atoms with van der Waals surface area (Å²) in [6.45, 7) is 9.87. The van der Waals surface area contributed by atoms with Gasteiger partial charge >= 0.3 is 0 Å². The van der Waals surface area contributed by atoms with Crippen LogP contribution in [0, 0.1) is 15.3 Å². The van der Waals surface area contributed by atoms with Crippen LogP contribution in [0.4, 0.5) is 4.39 Å². The standard InChI is InChI=1S/C24H29FIN3O4/c1-6-32-20-12-16(11-19(26)22(20)33-15(4)5)13-27-29-24(31)21(14(2)3)28-23(30)17-7-9-18(25)10-8-17/h7-15,21H,6H2,1-5H3,(H,28,30)(H,29,31)/b27-13+. The Labute approximate surface area is 207 Å². The molecule has 178 valence electrons. The summed E-state index contributed by atoms with van der Waals surface area (Å²) < 4.78 is 25.5. The van der Waals surface area contributed by atoms with Gasteiger partial charge in [0.2, 0.25) is 0 Å². The summed E-state index contributed by atoms with van der Waals surface area (Å²) in [6, 6.07) is 7.95. The van der Waals surface area contributed by atoms with E-state index in [0.717, 1.165) is 9.13 Å². The molecule has 0 bridgehead atoms. The van der Waals surface area contributed by atoms with Crippen LogP contribution in [0.1, 0.15) is 50.5 Å². The Hall–Kier alpha value is -2.69. The van der Waals surface area contributed by atoms with Crippen LogP contribution >= 0.6 is 22.6 Å². The molecule has 9 heteroatoms. The number of carbonyl (C=O) groups excluding carboxylic acids is 2.